The molecule has 13 heteroatoms. The summed E-state index contributed by atoms with van der Waals surface area (Å²) >= 11 is 0. The molecule has 0 unspecified atom stereocenters. The molecule has 37 heavy (non-hydrogen) atoms. The molecule has 5 rings (SSSR count). The number of carbonyl (C=O) groups is 1. The lowest BCUT2D eigenvalue weighted by atomic mass is 10.1. The number of hydrogen-bond acceptors (Lipinski definition) is 7. The number of alkyl halides is 3. The predicted octanol–water partition coefficient (Wildman–Crippen LogP) is 3.90. The van der Waals surface area contributed by atoms with Crippen molar-refractivity contribution in [2.45, 2.75) is 12.7 Å². The van der Waals surface area contributed by atoms with Crippen LogP contribution in [0.5, 0.6) is 5.88 Å². The Morgan fingerprint density at radius 2 is 1.92 bits per heavy atom. The maximum atomic E-state index is 13.7. The molecule has 0 spiro atoms. The molecular weight excluding hydrogens is 489 g/mol. The van der Waals surface area contributed by atoms with Crippen LogP contribution in [-0.4, -0.2) is 42.2 Å². The summed E-state index contributed by atoms with van der Waals surface area (Å²) in [6.07, 6.45) is 0.850. The molecule has 4 aromatic heterocycles. The third-order valence-corrected chi connectivity index (χ3v) is 5.56. The van der Waals surface area contributed by atoms with Crippen LogP contribution in [0, 0.1) is 0 Å². The summed E-state index contributed by atoms with van der Waals surface area (Å²) in [6, 6.07) is 11.9. The number of ether oxygens (including phenoxy) is 1. The number of halogens is 3. The maximum absolute atomic E-state index is 13.7. The Morgan fingerprint density at radius 1 is 1.14 bits per heavy atom. The first-order chi connectivity index (χ1) is 17.7. The number of aromatic nitrogens is 6. The van der Waals surface area contributed by atoms with Gasteiger partial charge in [-0.15, -0.1) is 0 Å². The van der Waals surface area contributed by atoms with Crippen molar-refractivity contribution in [3.63, 3.8) is 0 Å². The number of nitrogen functional groups attached to an aromatic ring is 1. The van der Waals surface area contributed by atoms with E-state index in [0.29, 0.717) is 6.54 Å². The van der Waals surface area contributed by atoms with E-state index in [1.807, 2.05) is 30.3 Å². The summed E-state index contributed by atoms with van der Waals surface area (Å²) in [5.74, 6) is -0.682. The SMILES string of the molecule is COc1ncc(-c2cc(C(F)(F)F)c3c(N)ncnn23)cc1C(=O)Nc1cn(Cc2ccccc2)cn1. The van der Waals surface area contributed by atoms with Crippen LogP contribution in [-0.2, 0) is 12.7 Å². The van der Waals surface area contributed by atoms with Gasteiger partial charge in [0.1, 0.15) is 17.4 Å². The molecule has 4 heterocycles. The summed E-state index contributed by atoms with van der Waals surface area (Å²) in [4.78, 5) is 25.1. The number of benzene rings is 1. The minimum atomic E-state index is -4.71. The predicted molar refractivity (Wildman–Crippen MR) is 128 cm³/mol. The molecule has 0 aliphatic carbocycles. The fourth-order valence-electron chi connectivity index (χ4n) is 3.90. The fraction of sp³-hybridized carbons (Fsp3) is 0.125. The molecule has 10 nitrogen and oxygen atoms in total. The molecule has 0 radical (unpaired) electrons. The van der Waals surface area contributed by atoms with Crippen molar-refractivity contribution < 1.29 is 22.7 Å². The van der Waals surface area contributed by atoms with E-state index in [9.17, 15) is 18.0 Å². The van der Waals surface area contributed by atoms with Gasteiger partial charge in [0.15, 0.2) is 11.6 Å². The van der Waals surface area contributed by atoms with Gasteiger partial charge in [0.25, 0.3) is 5.91 Å². The summed E-state index contributed by atoms with van der Waals surface area (Å²) in [5, 5.41) is 6.60. The third-order valence-electron chi connectivity index (χ3n) is 5.56. The van der Waals surface area contributed by atoms with Crippen LogP contribution in [0.25, 0.3) is 16.8 Å². The zero-order valence-corrected chi connectivity index (χ0v) is 19.3. The number of pyridine rings is 1. The number of nitrogens with two attached hydrogens (primary N) is 1. The number of rotatable bonds is 6. The molecule has 0 aliphatic rings. The maximum Gasteiger partial charge on any atom is 0.418 e. The molecule has 0 bridgehead atoms. The lowest BCUT2D eigenvalue weighted by molar-refractivity contribution is -0.136. The lowest BCUT2D eigenvalue weighted by Crippen LogP contribution is -2.14. The molecule has 0 atom stereocenters. The molecule has 0 saturated heterocycles. The van der Waals surface area contributed by atoms with Crippen LogP contribution in [0.15, 0.2) is 67.5 Å². The number of amides is 1. The molecule has 1 aromatic carbocycles. The number of fused-ring (bicyclic) bond motifs is 1. The second-order valence-electron chi connectivity index (χ2n) is 8.00. The normalized spacial score (nSPS) is 11.6. The number of imidazole rings is 1. The molecule has 0 aliphatic heterocycles. The topological polar surface area (TPSA) is 125 Å². The van der Waals surface area contributed by atoms with Gasteiger partial charge in [-0.1, -0.05) is 30.3 Å². The summed E-state index contributed by atoms with van der Waals surface area (Å²) in [5.41, 5.74) is 5.57. The van der Waals surface area contributed by atoms with Gasteiger partial charge < -0.3 is 20.4 Å². The highest BCUT2D eigenvalue weighted by Gasteiger charge is 2.36. The zero-order chi connectivity index (χ0) is 26.2. The fourth-order valence-corrected chi connectivity index (χ4v) is 3.90. The monoisotopic (exact) mass is 508 g/mol. The Balaban J connectivity index is 1.48. The quantitative estimate of drug-likeness (QED) is 0.356. The molecular formula is C24H19F3N8O2. The standard InChI is InChI=1S/C24H19F3N8O2/c1-37-23-16(22(36)33-19-11-34(13-31-19)10-14-5-3-2-4-6-14)7-15(9-29-23)18-8-17(24(25,26)27)20-21(28)30-12-32-35(18)20/h2-9,11-13H,10H2,1H3,(H,33,36)(H2,28,30,32). The minimum Gasteiger partial charge on any atom is -0.480 e. The zero-order valence-electron chi connectivity index (χ0n) is 19.3. The van der Waals surface area contributed by atoms with Crippen LogP contribution in [0.3, 0.4) is 0 Å². The van der Waals surface area contributed by atoms with E-state index in [1.165, 1.54) is 19.4 Å². The van der Waals surface area contributed by atoms with Crippen molar-refractivity contribution in [2.24, 2.45) is 0 Å². The number of hydrogen-bond donors (Lipinski definition) is 2. The number of anilines is 2. The molecule has 0 fully saturated rings. The molecule has 5 aromatic rings. The number of carbonyl (C=O) groups excluding carboxylic acids is 1. The Hall–Kier alpha value is -4.94. The van der Waals surface area contributed by atoms with Gasteiger partial charge in [-0.3, -0.25) is 4.79 Å². The summed E-state index contributed by atoms with van der Waals surface area (Å²) in [6.45, 7) is 0.553. The van der Waals surface area contributed by atoms with Gasteiger partial charge in [-0.2, -0.15) is 18.3 Å². The van der Waals surface area contributed by atoms with Gasteiger partial charge in [-0.05, 0) is 17.7 Å². The van der Waals surface area contributed by atoms with Gasteiger partial charge in [-0.25, -0.2) is 19.5 Å². The second-order valence-corrected chi connectivity index (χ2v) is 8.00. The first kappa shape index (κ1) is 23.8. The highest BCUT2D eigenvalue weighted by Crippen LogP contribution is 2.39. The van der Waals surface area contributed by atoms with E-state index in [1.54, 1.807) is 17.1 Å². The van der Waals surface area contributed by atoms with Gasteiger partial charge in [0.2, 0.25) is 5.88 Å². The molecule has 1 amide bonds. The van der Waals surface area contributed by atoms with Crippen LogP contribution >= 0.6 is 0 Å². The Bertz CT molecular complexity index is 1600. The van der Waals surface area contributed by atoms with Gasteiger partial charge in [0, 0.05) is 24.5 Å². The molecule has 0 saturated carbocycles. The highest BCUT2D eigenvalue weighted by atomic mass is 19.4. The molecule has 188 valence electrons. The van der Waals surface area contributed by atoms with E-state index >= 15 is 0 Å². The lowest BCUT2D eigenvalue weighted by Gasteiger charge is -2.10. The summed E-state index contributed by atoms with van der Waals surface area (Å²) < 4.78 is 49.1. The van der Waals surface area contributed by atoms with Gasteiger partial charge in [0.05, 0.1) is 24.7 Å². The largest absolute Gasteiger partial charge is 0.480 e. The van der Waals surface area contributed by atoms with Crippen LogP contribution < -0.4 is 15.8 Å². The Labute approximate surface area is 207 Å². The van der Waals surface area contributed by atoms with Crippen LogP contribution in [0.2, 0.25) is 0 Å². The number of nitrogens with zero attached hydrogens (tertiary/aromatic N) is 6. The minimum absolute atomic E-state index is 0.0110. The Kier molecular flexibility index (Phi) is 5.95. The third kappa shape index (κ3) is 4.66. The van der Waals surface area contributed by atoms with E-state index < -0.39 is 23.2 Å². The van der Waals surface area contributed by atoms with Crippen LogP contribution in [0.4, 0.5) is 24.8 Å². The van der Waals surface area contributed by atoms with E-state index in [4.69, 9.17) is 10.5 Å². The summed E-state index contributed by atoms with van der Waals surface area (Å²) in [7, 11) is 1.33. The van der Waals surface area contributed by atoms with Gasteiger partial charge >= 0.3 is 6.18 Å². The van der Waals surface area contributed by atoms with Crippen molar-refractivity contribution in [3.05, 3.63) is 84.2 Å². The Morgan fingerprint density at radius 3 is 2.65 bits per heavy atom. The van der Waals surface area contributed by atoms with Crippen molar-refractivity contribution in [1.82, 2.24) is 29.1 Å². The highest BCUT2D eigenvalue weighted by molar-refractivity contribution is 6.06. The van der Waals surface area contributed by atoms with E-state index in [-0.39, 0.29) is 34.3 Å². The van der Waals surface area contributed by atoms with Crippen LogP contribution in [0.1, 0.15) is 21.5 Å². The van der Waals surface area contributed by atoms with E-state index in [0.717, 1.165) is 22.5 Å². The first-order valence-corrected chi connectivity index (χ1v) is 10.9. The first-order valence-electron chi connectivity index (χ1n) is 10.9. The van der Waals surface area contributed by atoms with E-state index in [2.05, 4.69) is 25.4 Å². The van der Waals surface area contributed by atoms with Crippen molar-refractivity contribution >= 4 is 23.1 Å². The average Bonchev–Trinajstić information content (AvgIpc) is 3.49. The second kappa shape index (κ2) is 9.26. The average molecular weight is 508 g/mol. The molecule has 3 N–H and O–H groups in total. The number of methoxy groups -OCH3 is 1. The van der Waals surface area contributed by atoms with Crippen molar-refractivity contribution in [3.8, 4) is 17.1 Å². The number of nitrogens with one attached hydrogen (secondary N) is 1. The van der Waals surface area contributed by atoms with Crippen molar-refractivity contribution in [2.75, 3.05) is 18.2 Å². The smallest absolute Gasteiger partial charge is 0.418 e. The van der Waals surface area contributed by atoms with Crippen molar-refractivity contribution in [1.29, 1.82) is 0 Å².